The number of hydrogen-bond acceptors (Lipinski definition) is 4. The van der Waals surface area contributed by atoms with E-state index in [1.165, 1.54) is 0 Å². The van der Waals surface area contributed by atoms with Crippen molar-refractivity contribution in [2.45, 2.75) is 0 Å². The normalized spacial score (nSPS) is 9.94. The third-order valence-electron chi connectivity index (χ3n) is 2.36. The zero-order valence-corrected chi connectivity index (χ0v) is 9.34. The quantitative estimate of drug-likeness (QED) is 0.829. The third kappa shape index (κ3) is 2.39. The lowest BCUT2D eigenvalue weighted by atomic mass is 10.1. The first-order valence-corrected chi connectivity index (χ1v) is 5.11. The minimum absolute atomic E-state index is 0.438. The van der Waals surface area contributed by atoms with Crippen LogP contribution in [0.3, 0.4) is 0 Å². The molecule has 0 atom stereocenters. The first kappa shape index (κ1) is 11.1. The number of anilines is 1. The number of primary amides is 1. The highest BCUT2D eigenvalue weighted by molar-refractivity contribution is 5.93. The van der Waals surface area contributed by atoms with Crippen molar-refractivity contribution < 1.29 is 4.79 Å². The molecule has 17 heavy (non-hydrogen) atoms. The van der Waals surface area contributed by atoms with Crippen molar-refractivity contribution in [1.29, 1.82) is 0 Å². The molecule has 0 unspecified atom stereocenters. The molecule has 0 spiro atoms. The smallest absolute Gasteiger partial charge is 0.248 e. The molecule has 1 heterocycles. The van der Waals surface area contributed by atoms with Gasteiger partial charge in [-0.1, -0.05) is 12.1 Å². The summed E-state index contributed by atoms with van der Waals surface area (Å²) in [5.41, 5.74) is 7.28. The van der Waals surface area contributed by atoms with Gasteiger partial charge in [0.05, 0.1) is 18.1 Å². The van der Waals surface area contributed by atoms with Gasteiger partial charge in [0.1, 0.15) is 5.82 Å². The molecule has 0 saturated carbocycles. The van der Waals surface area contributed by atoms with Crippen LogP contribution in [0.15, 0.2) is 36.7 Å². The molecule has 3 N–H and O–H groups in total. The van der Waals surface area contributed by atoms with Crippen molar-refractivity contribution in [1.82, 2.24) is 9.97 Å². The second-order valence-electron chi connectivity index (χ2n) is 3.48. The summed E-state index contributed by atoms with van der Waals surface area (Å²) in [6.07, 6.45) is 3.31. The van der Waals surface area contributed by atoms with Crippen molar-refractivity contribution in [2.75, 3.05) is 12.4 Å². The summed E-state index contributed by atoms with van der Waals surface area (Å²) in [7, 11) is 1.78. The van der Waals surface area contributed by atoms with E-state index in [2.05, 4.69) is 15.3 Å². The molecule has 0 aliphatic rings. The van der Waals surface area contributed by atoms with E-state index < -0.39 is 5.91 Å². The molecule has 5 nitrogen and oxygen atoms in total. The zero-order chi connectivity index (χ0) is 12.3. The molecule has 0 radical (unpaired) electrons. The van der Waals surface area contributed by atoms with Gasteiger partial charge in [0, 0.05) is 18.2 Å². The summed E-state index contributed by atoms with van der Waals surface area (Å²) in [5.74, 6) is 0.257. The Kier molecular flexibility index (Phi) is 3.00. The topological polar surface area (TPSA) is 80.9 Å². The Hall–Kier alpha value is -2.43. The minimum atomic E-state index is -0.438. The number of carbonyl (C=O) groups excluding carboxylic acids is 1. The van der Waals surface area contributed by atoms with E-state index in [1.807, 2.05) is 0 Å². The standard InChI is InChI=1S/C12H12N4O/c1-14-11-7-15-6-10(16-11)8-2-4-9(5-3-8)12(13)17/h2-7H,1H3,(H2,13,17)(H,14,16). The number of amides is 1. The van der Waals surface area contributed by atoms with Crippen LogP contribution in [-0.2, 0) is 0 Å². The predicted octanol–water partition coefficient (Wildman–Crippen LogP) is 1.28. The van der Waals surface area contributed by atoms with E-state index in [-0.39, 0.29) is 0 Å². The van der Waals surface area contributed by atoms with E-state index in [4.69, 9.17) is 5.73 Å². The number of hydrogen-bond donors (Lipinski definition) is 2. The summed E-state index contributed by atoms with van der Waals surface area (Å²) < 4.78 is 0. The first-order chi connectivity index (χ1) is 8.20. The van der Waals surface area contributed by atoms with Gasteiger partial charge in [0.25, 0.3) is 0 Å². The van der Waals surface area contributed by atoms with Gasteiger partial charge in [-0.25, -0.2) is 4.98 Å². The summed E-state index contributed by atoms with van der Waals surface area (Å²) in [6.45, 7) is 0. The second kappa shape index (κ2) is 4.61. The number of rotatable bonds is 3. The summed E-state index contributed by atoms with van der Waals surface area (Å²) >= 11 is 0. The SMILES string of the molecule is CNc1cncc(-c2ccc(C(N)=O)cc2)n1. The maximum Gasteiger partial charge on any atom is 0.248 e. The molecule has 1 aromatic carbocycles. The monoisotopic (exact) mass is 228 g/mol. The third-order valence-corrected chi connectivity index (χ3v) is 2.36. The fraction of sp³-hybridized carbons (Fsp3) is 0.0833. The molecule has 0 fully saturated rings. The molecule has 0 bridgehead atoms. The van der Waals surface area contributed by atoms with E-state index in [9.17, 15) is 4.79 Å². The number of carbonyl (C=O) groups is 1. The highest BCUT2D eigenvalue weighted by Crippen LogP contribution is 2.17. The summed E-state index contributed by atoms with van der Waals surface area (Å²) in [4.78, 5) is 19.4. The summed E-state index contributed by atoms with van der Waals surface area (Å²) in [6, 6.07) is 6.93. The zero-order valence-electron chi connectivity index (χ0n) is 9.34. The lowest BCUT2D eigenvalue weighted by molar-refractivity contribution is 0.100. The van der Waals surface area contributed by atoms with Crippen LogP contribution in [0.1, 0.15) is 10.4 Å². The number of nitrogens with zero attached hydrogens (tertiary/aromatic N) is 2. The Bertz CT molecular complexity index is 536. The van der Waals surface area contributed by atoms with Crippen LogP contribution in [0, 0.1) is 0 Å². The van der Waals surface area contributed by atoms with E-state index in [0.717, 1.165) is 11.3 Å². The number of nitrogens with two attached hydrogens (primary N) is 1. The average Bonchev–Trinajstić information content (AvgIpc) is 2.39. The van der Waals surface area contributed by atoms with Crippen LogP contribution >= 0.6 is 0 Å². The lowest BCUT2D eigenvalue weighted by Gasteiger charge is -2.03. The van der Waals surface area contributed by atoms with Gasteiger partial charge >= 0.3 is 0 Å². The van der Waals surface area contributed by atoms with Crippen LogP contribution in [0.2, 0.25) is 0 Å². The van der Waals surface area contributed by atoms with Gasteiger partial charge in [-0.3, -0.25) is 9.78 Å². The minimum Gasteiger partial charge on any atom is -0.372 e. The fourth-order valence-corrected chi connectivity index (χ4v) is 1.43. The summed E-state index contributed by atoms with van der Waals surface area (Å²) in [5, 5.41) is 2.92. The van der Waals surface area contributed by atoms with Gasteiger partial charge < -0.3 is 11.1 Å². The Morgan fingerprint density at radius 3 is 2.53 bits per heavy atom. The predicted molar refractivity (Wildman–Crippen MR) is 65.5 cm³/mol. The van der Waals surface area contributed by atoms with Crippen molar-refractivity contribution >= 4 is 11.7 Å². The van der Waals surface area contributed by atoms with Crippen LogP contribution in [0.5, 0.6) is 0 Å². The highest BCUT2D eigenvalue weighted by Gasteiger charge is 2.03. The fourth-order valence-electron chi connectivity index (χ4n) is 1.43. The molecule has 0 aliphatic heterocycles. The first-order valence-electron chi connectivity index (χ1n) is 5.11. The van der Waals surface area contributed by atoms with Crippen LogP contribution in [-0.4, -0.2) is 22.9 Å². The molecule has 5 heteroatoms. The van der Waals surface area contributed by atoms with Crippen molar-refractivity contribution in [3.8, 4) is 11.3 Å². The van der Waals surface area contributed by atoms with Crippen LogP contribution in [0.25, 0.3) is 11.3 Å². The van der Waals surface area contributed by atoms with E-state index in [1.54, 1.807) is 43.7 Å². The second-order valence-corrected chi connectivity index (χ2v) is 3.48. The molecule has 1 amide bonds. The number of aromatic nitrogens is 2. The molecule has 86 valence electrons. The molecule has 0 saturated heterocycles. The van der Waals surface area contributed by atoms with Crippen molar-refractivity contribution in [3.05, 3.63) is 42.2 Å². The molecular weight excluding hydrogens is 216 g/mol. The highest BCUT2D eigenvalue weighted by atomic mass is 16.1. The van der Waals surface area contributed by atoms with E-state index >= 15 is 0 Å². The molecular formula is C12H12N4O. The maximum absolute atomic E-state index is 10.9. The van der Waals surface area contributed by atoms with Crippen LogP contribution in [0.4, 0.5) is 5.82 Å². The average molecular weight is 228 g/mol. The van der Waals surface area contributed by atoms with Crippen molar-refractivity contribution in [2.24, 2.45) is 5.73 Å². The number of nitrogens with one attached hydrogen (secondary N) is 1. The largest absolute Gasteiger partial charge is 0.372 e. The molecule has 2 rings (SSSR count). The van der Waals surface area contributed by atoms with Crippen LogP contribution < -0.4 is 11.1 Å². The Morgan fingerprint density at radius 1 is 1.24 bits per heavy atom. The Labute approximate surface area is 98.7 Å². The Balaban J connectivity index is 2.36. The molecule has 0 aliphatic carbocycles. The molecule has 2 aromatic rings. The van der Waals surface area contributed by atoms with Gasteiger partial charge in [0.15, 0.2) is 0 Å². The lowest BCUT2D eigenvalue weighted by Crippen LogP contribution is -2.10. The maximum atomic E-state index is 10.9. The van der Waals surface area contributed by atoms with E-state index in [0.29, 0.717) is 11.4 Å². The Morgan fingerprint density at radius 2 is 1.94 bits per heavy atom. The van der Waals surface area contributed by atoms with Gasteiger partial charge in [-0.15, -0.1) is 0 Å². The number of benzene rings is 1. The molecule has 1 aromatic heterocycles. The van der Waals surface area contributed by atoms with Crippen molar-refractivity contribution in [3.63, 3.8) is 0 Å². The van der Waals surface area contributed by atoms with Gasteiger partial charge in [-0.05, 0) is 12.1 Å². The van der Waals surface area contributed by atoms with Gasteiger partial charge in [0.2, 0.25) is 5.91 Å². The van der Waals surface area contributed by atoms with Gasteiger partial charge in [-0.2, -0.15) is 0 Å².